The Morgan fingerprint density at radius 3 is 2.86 bits per heavy atom. The summed E-state index contributed by atoms with van der Waals surface area (Å²) in [5.41, 5.74) is -1.12. The fraction of sp³-hybridized carbons (Fsp3) is 0.900. The molecular weight excluding hydrogens is 184 g/mol. The average Bonchev–Trinajstić information content (AvgIpc) is 2.31. The van der Waals surface area contributed by atoms with Crippen molar-refractivity contribution in [3.8, 4) is 0 Å². The summed E-state index contributed by atoms with van der Waals surface area (Å²) in [5, 5.41) is 19.5. The number of hydrogen-bond acceptors (Lipinski definition) is 4. The molecule has 4 nitrogen and oxygen atoms in total. The maximum Gasteiger partial charge on any atom is 0.309 e. The number of hydrogen-bond donors (Lipinski definition) is 2. The number of carbonyl (C=O) groups excluding carboxylic acids is 1. The van der Waals surface area contributed by atoms with Gasteiger partial charge in [0.2, 0.25) is 0 Å². The fourth-order valence-corrected chi connectivity index (χ4v) is 2.44. The highest BCUT2D eigenvalue weighted by Gasteiger charge is 2.51. The van der Waals surface area contributed by atoms with Crippen LogP contribution in [-0.4, -0.2) is 34.0 Å². The fourth-order valence-electron chi connectivity index (χ4n) is 2.44. The first-order chi connectivity index (χ1) is 6.42. The summed E-state index contributed by atoms with van der Waals surface area (Å²) in [6.45, 7) is 3.41. The van der Waals surface area contributed by atoms with E-state index in [1.165, 1.54) is 0 Å². The van der Waals surface area contributed by atoms with E-state index in [0.717, 1.165) is 0 Å². The second kappa shape index (κ2) is 2.94. The van der Waals surface area contributed by atoms with Crippen molar-refractivity contribution < 1.29 is 19.7 Å². The smallest absolute Gasteiger partial charge is 0.309 e. The first-order valence-electron chi connectivity index (χ1n) is 5.03. The van der Waals surface area contributed by atoms with E-state index in [0.29, 0.717) is 12.8 Å². The minimum atomic E-state index is -1.12. The van der Waals surface area contributed by atoms with Crippen LogP contribution in [-0.2, 0) is 9.53 Å². The van der Waals surface area contributed by atoms with Crippen LogP contribution in [0.25, 0.3) is 0 Å². The van der Waals surface area contributed by atoms with E-state index in [4.69, 9.17) is 4.74 Å². The Kier molecular flexibility index (Phi) is 2.08. The summed E-state index contributed by atoms with van der Waals surface area (Å²) < 4.78 is 5.15. The molecule has 0 amide bonds. The Balaban J connectivity index is 2.17. The van der Waals surface area contributed by atoms with Gasteiger partial charge < -0.3 is 14.9 Å². The van der Waals surface area contributed by atoms with E-state index in [9.17, 15) is 15.0 Å². The van der Waals surface area contributed by atoms with E-state index in [1.807, 2.05) is 6.92 Å². The zero-order chi connectivity index (χ0) is 10.5. The highest BCUT2D eigenvalue weighted by atomic mass is 16.6. The maximum atomic E-state index is 11.3. The van der Waals surface area contributed by atoms with Crippen LogP contribution in [0.2, 0.25) is 0 Å². The zero-order valence-electron chi connectivity index (χ0n) is 8.43. The van der Waals surface area contributed by atoms with E-state index in [2.05, 4.69) is 0 Å². The molecule has 1 aliphatic heterocycles. The van der Waals surface area contributed by atoms with Crippen molar-refractivity contribution in [2.45, 2.75) is 44.5 Å². The van der Waals surface area contributed by atoms with Crippen molar-refractivity contribution in [1.29, 1.82) is 0 Å². The highest BCUT2D eigenvalue weighted by molar-refractivity contribution is 5.74. The molecule has 14 heavy (non-hydrogen) atoms. The van der Waals surface area contributed by atoms with Crippen molar-refractivity contribution in [2.24, 2.45) is 11.8 Å². The van der Waals surface area contributed by atoms with Gasteiger partial charge in [-0.3, -0.25) is 4.79 Å². The monoisotopic (exact) mass is 200 g/mol. The van der Waals surface area contributed by atoms with Gasteiger partial charge >= 0.3 is 5.97 Å². The predicted octanol–water partition coefficient (Wildman–Crippen LogP) is 0.0698. The predicted molar refractivity (Wildman–Crippen MR) is 48.4 cm³/mol. The lowest BCUT2D eigenvalue weighted by Crippen LogP contribution is -2.49. The van der Waals surface area contributed by atoms with Crippen LogP contribution >= 0.6 is 0 Å². The second-order valence-corrected chi connectivity index (χ2v) is 4.74. The van der Waals surface area contributed by atoms with Crippen LogP contribution in [0.15, 0.2) is 0 Å². The molecule has 4 heteroatoms. The molecule has 5 atom stereocenters. The number of aliphatic hydroxyl groups is 2. The number of esters is 1. The number of ether oxygens (including phenoxy) is 1. The van der Waals surface area contributed by atoms with Gasteiger partial charge in [-0.05, 0) is 13.3 Å². The molecule has 2 fully saturated rings. The van der Waals surface area contributed by atoms with Crippen LogP contribution in [0.3, 0.4) is 0 Å². The Hall–Kier alpha value is -0.610. The highest BCUT2D eigenvalue weighted by Crippen LogP contribution is 2.42. The Morgan fingerprint density at radius 1 is 1.57 bits per heavy atom. The molecule has 80 valence electrons. The molecule has 0 spiro atoms. The SMILES string of the molecule is C[C@H]1C(=O)O[C@@H]2C[C@](C)(O)[C@H](O)C[C@@H]21. The van der Waals surface area contributed by atoms with Crippen LogP contribution in [0.4, 0.5) is 0 Å². The van der Waals surface area contributed by atoms with Gasteiger partial charge in [-0.25, -0.2) is 0 Å². The average molecular weight is 200 g/mol. The molecule has 0 aromatic heterocycles. The van der Waals surface area contributed by atoms with Crippen molar-refractivity contribution in [3.63, 3.8) is 0 Å². The van der Waals surface area contributed by atoms with Gasteiger partial charge in [0.15, 0.2) is 0 Å². The number of aliphatic hydroxyl groups excluding tert-OH is 1. The van der Waals surface area contributed by atoms with Gasteiger partial charge in [-0.1, -0.05) is 6.92 Å². The standard InChI is InChI=1S/C10H16O4/c1-5-6-3-8(11)10(2,13)4-7(6)14-9(5)12/h5-8,11,13H,3-4H2,1-2H3/t5-,6-,7-,8-,10+/m1/s1. The van der Waals surface area contributed by atoms with Crippen LogP contribution in [0, 0.1) is 11.8 Å². The Bertz CT molecular complexity index is 261. The third kappa shape index (κ3) is 1.33. The molecule has 0 aromatic rings. The molecule has 1 saturated carbocycles. The first-order valence-corrected chi connectivity index (χ1v) is 5.03. The molecule has 0 aromatic carbocycles. The molecule has 1 aliphatic carbocycles. The second-order valence-electron chi connectivity index (χ2n) is 4.74. The summed E-state index contributed by atoms with van der Waals surface area (Å²) in [5.74, 6) is -0.284. The summed E-state index contributed by atoms with van der Waals surface area (Å²) in [6.07, 6.45) is -0.170. The molecule has 0 bridgehead atoms. The van der Waals surface area contributed by atoms with Gasteiger partial charge in [0, 0.05) is 12.3 Å². The minimum Gasteiger partial charge on any atom is -0.462 e. The lowest BCUT2D eigenvalue weighted by atomic mass is 9.73. The Morgan fingerprint density at radius 2 is 2.21 bits per heavy atom. The quantitative estimate of drug-likeness (QED) is 0.543. The van der Waals surface area contributed by atoms with Crippen LogP contribution < -0.4 is 0 Å². The Labute approximate surface area is 82.9 Å². The first kappa shape index (κ1) is 9.93. The molecule has 2 rings (SSSR count). The van der Waals surface area contributed by atoms with E-state index >= 15 is 0 Å². The normalized spacial score (nSPS) is 52.7. The zero-order valence-corrected chi connectivity index (χ0v) is 8.43. The van der Waals surface area contributed by atoms with Crippen LogP contribution in [0.1, 0.15) is 26.7 Å². The van der Waals surface area contributed by atoms with Gasteiger partial charge in [0.1, 0.15) is 6.10 Å². The number of fused-ring (bicyclic) bond motifs is 1. The largest absolute Gasteiger partial charge is 0.462 e. The third-order valence-electron chi connectivity index (χ3n) is 3.59. The summed E-state index contributed by atoms with van der Waals surface area (Å²) >= 11 is 0. The van der Waals surface area contributed by atoms with Gasteiger partial charge in [-0.15, -0.1) is 0 Å². The third-order valence-corrected chi connectivity index (χ3v) is 3.59. The minimum absolute atomic E-state index is 0.0673. The molecule has 1 heterocycles. The maximum absolute atomic E-state index is 11.3. The van der Waals surface area contributed by atoms with Crippen molar-refractivity contribution in [1.82, 2.24) is 0 Å². The van der Waals surface area contributed by atoms with Gasteiger partial charge in [0.05, 0.1) is 17.6 Å². The molecule has 2 N–H and O–H groups in total. The van der Waals surface area contributed by atoms with Crippen molar-refractivity contribution in [3.05, 3.63) is 0 Å². The van der Waals surface area contributed by atoms with E-state index in [1.54, 1.807) is 6.92 Å². The lowest BCUT2D eigenvalue weighted by molar-refractivity contribution is -0.152. The summed E-state index contributed by atoms with van der Waals surface area (Å²) in [4.78, 5) is 11.3. The number of rotatable bonds is 0. The molecule has 0 unspecified atom stereocenters. The van der Waals surface area contributed by atoms with E-state index < -0.39 is 11.7 Å². The van der Waals surface area contributed by atoms with E-state index in [-0.39, 0.29) is 23.9 Å². The lowest BCUT2D eigenvalue weighted by Gasteiger charge is -2.39. The summed E-state index contributed by atoms with van der Waals surface area (Å²) in [6, 6.07) is 0. The van der Waals surface area contributed by atoms with Gasteiger partial charge in [-0.2, -0.15) is 0 Å². The molecule has 0 radical (unpaired) electrons. The van der Waals surface area contributed by atoms with Gasteiger partial charge in [0.25, 0.3) is 0 Å². The van der Waals surface area contributed by atoms with Crippen molar-refractivity contribution >= 4 is 5.97 Å². The van der Waals surface area contributed by atoms with Crippen molar-refractivity contribution in [2.75, 3.05) is 0 Å². The molecular formula is C10H16O4. The molecule has 2 aliphatic rings. The van der Waals surface area contributed by atoms with Crippen LogP contribution in [0.5, 0.6) is 0 Å². The number of carbonyl (C=O) groups is 1. The topological polar surface area (TPSA) is 66.8 Å². The summed E-state index contributed by atoms with van der Waals surface area (Å²) in [7, 11) is 0. The molecule has 1 saturated heterocycles.